The predicted octanol–water partition coefficient (Wildman–Crippen LogP) is 1.78. The van der Waals surface area contributed by atoms with Gasteiger partial charge in [0, 0.05) is 43.5 Å². The van der Waals surface area contributed by atoms with Gasteiger partial charge in [-0.2, -0.15) is 0 Å². The van der Waals surface area contributed by atoms with Crippen LogP contribution in [0.25, 0.3) is 0 Å². The Morgan fingerprint density at radius 3 is 2.54 bits per heavy atom. The number of amides is 1. The lowest BCUT2D eigenvalue weighted by Crippen LogP contribution is -2.49. The van der Waals surface area contributed by atoms with Crippen LogP contribution < -0.4 is 4.90 Å². The molecule has 3 fully saturated rings. The van der Waals surface area contributed by atoms with Crippen LogP contribution in [0.4, 0.5) is 5.82 Å². The number of rotatable bonds is 4. The molecule has 1 saturated carbocycles. The molecule has 0 N–H and O–H groups in total. The summed E-state index contributed by atoms with van der Waals surface area (Å²) in [6, 6.07) is 3.19. The molecule has 0 bridgehead atoms. The Morgan fingerprint density at radius 1 is 1.17 bits per heavy atom. The summed E-state index contributed by atoms with van der Waals surface area (Å²) in [4.78, 5) is 25.8. The van der Waals surface area contributed by atoms with E-state index in [0.717, 1.165) is 50.5 Å². The highest BCUT2D eigenvalue weighted by Crippen LogP contribution is 2.35. The van der Waals surface area contributed by atoms with Gasteiger partial charge in [0.2, 0.25) is 5.91 Å². The van der Waals surface area contributed by atoms with E-state index in [-0.39, 0.29) is 5.92 Å². The van der Waals surface area contributed by atoms with Gasteiger partial charge < -0.3 is 14.5 Å². The maximum Gasteiger partial charge on any atom is 0.228 e. The Bertz CT molecular complexity index is 590. The number of hydrogen-bond acceptors (Lipinski definition) is 5. The minimum absolute atomic E-state index is 0.0885. The summed E-state index contributed by atoms with van der Waals surface area (Å²) in [7, 11) is 0. The van der Waals surface area contributed by atoms with E-state index >= 15 is 0 Å². The first-order valence-corrected chi connectivity index (χ1v) is 9.16. The van der Waals surface area contributed by atoms with Crippen molar-refractivity contribution in [2.45, 2.75) is 51.1 Å². The van der Waals surface area contributed by atoms with E-state index in [1.54, 1.807) is 6.33 Å². The first-order chi connectivity index (χ1) is 11.7. The Kier molecular flexibility index (Phi) is 4.39. The third kappa shape index (κ3) is 3.24. The molecule has 1 amide bonds. The van der Waals surface area contributed by atoms with Gasteiger partial charge >= 0.3 is 0 Å². The number of aromatic nitrogens is 2. The molecule has 130 valence electrons. The van der Waals surface area contributed by atoms with Crippen LogP contribution in [0.3, 0.4) is 0 Å². The minimum atomic E-state index is 0.0885. The van der Waals surface area contributed by atoms with Crippen LogP contribution in [0.5, 0.6) is 0 Å². The number of ether oxygens (including phenoxy) is 1. The van der Waals surface area contributed by atoms with Crippen LogP contribution in [0, 0.1) is 12.8 Å². The quantitative estimate of drug-likeness (QED) is 0.842. The van der Waals surface area contributed by atoms with E-state index in [1.165, 1.54) is 12.8 Å². The smallest absolute Gasteiger partial charge is 0.228 e. The van der Waals surface area contributed by atoms with Crippen LogP contribution >= 0.6 is 0 Å². The van der Waals surface area contributed by atoms with Gasteiger partial charge in [0.25, 0.3) is 0 Å². The van der Waals surface area contributed by atoms with Crippen molar-refractivity contribution >= 4 is 11.7 Å². The van der Waals surface area contributed by atoms with Crippen molar-refractivity contribution in [3.05, 3.63) is 18.1 Å². The number of hydrogen-bond donors (Lipinski definition) is 0. The molecular weight excluding hydrogens is 304 g/mol. The number of anilines is 1. The summed E-state index contributed by atoms with van der Waals surface area (Å²) in [5, 5.41) is 0. The van der Waals surface area contributed by atoms with Gasteiger partial charge in [0.05, 0.1) is 12.5 Å². The fourth-order valence-electron chi connectivity index (χ4n) is 3.96. The van der Waals surface area contributed by atoms with E-state index in [4.69, 9.17) is 4.74 Å². The summed E-state index contributed by atoms with van der Waals surface area (Å²) in [6.07, 6.45) is 7.10. The summed E-state index contributed by atoms with van der Waals surface area (Å²) >= 11 is 0. The largest absolute Gasteiger partial charge is 0.381 e. The van der Waals surface area contributed by atoms with E-state index in [2.05, 4.69) is 20.9 Å². The van der Waals surface area contributed by atoms with Crippen LogP contribution in [-0.2, 0) is 9.53 Å². The molecule has 0 radical (unpaired) electrons. The fraction of sp³-hybridized carbons (Fsp3) is 0.722. The first kappa shape index (κ1) is 15.8. The first-order valence-electron chi connectivity index (χ1n) is 9.16. The fourth-order valence-corrected chi connectivity index (χ4v) is 3.96. The summed E-state index contributed by atoms with van der Waals surface area (Å²) in [6.45, 7) is 5.06. The molecule has 3 aliphatic rings. The molecule has 3 heterocycles. The summed E-state index contributed by atoms with van der Waals surface area (Å²) in [5.74, 6) is 1.44. The van der Waals surface area contributed by atoms with Gasteiger partial charge in [0.1, 0.15) is 12.1 Å². The molecule has 1 aromatic rings. The lowest BCUT2D eigenvalue weighted by atomic mass is 10.00. The highest BCUT2D eigenvalue weighted by molar-refractivity contribution is 5.79. The average molecular weight is 330 g/mol. The maximum absolute atomic E-state index is 12.5. The molecular formula is C18H26N4O2. The molecule has 0 aromatic carbocycles. The Hall–Kier alpha value is -1.69. The molecule has 1 aliphatic carbocycles. The highest BCUT2D eigenvalue weighted by Gasteiger charge is 2.38. The molecule has 2 aliphatic heterocycles. The normalized spacial score (nSPS) is 25.0. The highest BCUT2D eigenvalue weighted by atomic mass is 16.5. The molecule has 1 atom stereocenters. The zero-order valence-corrected chi connectivity index (χ0v) is 14.4. The third-order valence-corrected chi connectivity index (χ3v) is 5.44. The number of carbonyl (C=O) groups excluding carboxylic acids is 1. The third-order valence-electron chi connectivity index (χ3n) is 5.44. The van der Waals surface area contributed by atoms with E-state index < -0.39 is 0 Å². The van der Waals surface area contributed by atoms with Gasteiger partial charge in [-0.05, 0) is 39.0 Å². The second-order valence-corrected chi connectivity index (χ2v) is 7.27. The molecule has 1 unspecified atom stereocenters. The van der Waals surface area contributed by atoms with Gasteiger partial charge in [0.15, 0.2) is 0 Å². The molecule has 24 heavy (non-hydrogen) atoms. The van der Waals surface area contributed by atoms with E-state index in [9.17, 15) is 4.79 Å². The average Bonchev–Trinajstić information content (AvgIpc) is 3.27. The van der Waals surface area contributed by atoms with Crippen LogP contribution in [0.2, 0.25) is 0 Å². The summed E-state index contributed by atoms with van der Waals surface area (Å²) < 4.78 is 5.37. The van der Waals surface area contributed by atoms with Crippen molar-refractivity contribution in [3.8, 4) is 0 Å². The number of nitrogens with zero attached hydrogens (tertiary/aromatic N) is 4. The van der Waals surface area contributed by atoms with E-state index in [0.29, 0.717) is 24.6 Å². The Labute approximate surface area is 143 Å². The van der Waals surface area contributed by atoms with Crippen LogP contribution in [0.15, 0.2) is 12.4 Å². The Balaban J connectivity index is 1.41. The number of piperidine rings is 1. The van der Waals surface area contributed by atoms with E-state index in [1.807, 2.05) is 11.8 Å². The lowest BCUT2D eigenvalue weighted by Gasteiger charge is -2.40. The van der Waals surface area contributed by atoms with Crippen LogP contribution in [0.1, 0.15) is 37.8 Å². The molecule has 6 nitrogen and oxygen atoms in total. The molecule has 2 saturated heterocycles. The van der Waals surface area contributed by atoms with Crippen molar-refractivity contribution < 1.29 is 9.53 Å². The standard InChI is InChI=1S/C18H26N4O2/c1-13-10-17(20-12-19-13)22(15-2-3-15)16-4-7-21(8-5-16)18(23)14-6-9-24-11-14/h10,12,14-16H,2-9,11H2,1H3. The number of carbonyl (C=O) groups is 1. The van der Waals surface area contributed by atoms with Crippen molar-refractivity contribution in [2.75, 3.05) is 31.2 Å². The molecule has 0 spiro atoms. The van der Waals surface area contributed by atoms with Gasteiger partial charge in [-0.1, -0.05) is 0 Å². The zero-order valence-electron chi connectivity index (χ0n) is 14.4. The minimum Gasteiger partial charge on any atom is -0.381 e. The second-order valence-electron chi connectivity index (χ2n) is 7.27. The van der Waals surface area contributed by atoms with Gasteiger partial charge in [-0.25, -0.2) is 9.97 Å². The van der Waals surface area contributed by atoms with Gasteiger partial charge in [-0.15, -0.1) is 0 Å². The molecule has 6 heteroatoms. The molecule has 1 aromatic heterocycles. The van der Waals surface area contributed by atoms with Crippen molar-refractivity contribution in [1.29, 1.82) is 0 Å². The maximum atomic E-state index is 12.5. The number of aryl methyl sites for hydroxylation is 1. The molecule has 4 rings (SSSR count). The zero-order chi connectivity index (χ0) is 16.5. The van der Waals surface area contributed by atoms with Crippen molar-refractivity contribution in [2.24, 2.45) is 5.92 Å². The topological polar surface area (TPSA) is 58.6 Å². The van der Waals surface area contributed by atoms with Crippen LogP contribution in [-0.4, -0.2) is 59.2 Å². The van der Waals surface area contributed by atoms with Crippen molar-refractivity contribution in [1.82, 2.24) is 14.9 Å². The lowest BCUT2D eigenvalue weighted by molar-refractivity contribution is -0.136. The Morgan fingerprint density at radius 2 is 1.92 bits per heavy atom. The number of likely N-dealkylation sites (tertiary alicyclic amines) is 1. The monoisotopic (exact) mass is 330 g/mol. The second kappa shape index (κ2) is 6.67. The van der Waals surface area contributed by atoms with Crippen molar-refractivity contribution in [3.63, 3.8) is 0 Å². The predicted molar refractivity (Wildman–Crippen MR) is 90.8 cm³/mol. The SMILES string of the molecule is Cc1cc(N(C2CC2)C2CCN(C(=O)C3CCOC3)CC2)ncn1. The summed E-state index contributed by atoms with van der Waals surface area (Å²) in [5.41, 5.74) is 1.01. The van der Waals surface area contributed by atoms with Gasteiger partial charge in [-0.3, -0.25) is 4.79 Å².